The van der Waals surface area contributed by atoms with Crippen LogP contribution < -0.4 is 0 Å². The molecule has 0 aromatic carbocycles. The Morgan fingerprint density at radius 3 is 2.09 bits per heavy atom. The van der Waals surface area contributed by atoms with E-state index in [1.807, 2.05) is 0 Å². The van der Waals surface area contributed by atoms with Crippen LogP contribution >= 0.6 is 0 Å². The molecule has 2 aliphatic carbocycles. The van der Waals surface area contributed by atoms with Crippen molar-refractivity contribution in [3.63, 3.8) is 0 Å². The van der Waals surface area contributed by atoms with Crippen LogP contribution in [0, 0.1) is 11.8 Å². The Bertz CT molecular complexity index is 132. The van der Waals surface area contributed by atoms with E-state index >= 15 is 0 Å². The summed E-state index contributed by atoms with van der Waals surface area (Å²) in [6, 6.07) is 0. The molecule has 0 spiro atoms. The summed E-state index contributed by atoms with van der Waals surface area (Å²) >= 11 is 0. The average molecular weight is 156 g/mol. The SMILES string of the molecule is CO[C@H]1C[C@H]2C[C@@H](O)C[C@H]2C1. The molecule has 0 saturated heterocycles. The van der Waals surface area contributed by atoms with Crippen LogP contribution in [0.25, 0.3) is 0 Å². The summed E-state index contributed by atoms with van der Waals surface area (Å²) in [4.78, 5) is 0. The number of methoxy groups -OCH3 is 1. The zero-order chi connectivity index (χ0) is 7.84. The number of aliphatic hydroxyl groups is 1. The molecule has 1 N–H and O–H groups in total. The topological polar surface area (TPSA) is 29.5 Å². The van der Waals surface area contributed by atoms with Crippen molar-refractivity contribution < 1.29 is 9.84 Å². The Morgan fingerprint density at radius 1 is 1.09 bits per heavy atom. The highest BCUT2D eigenvalue weighted by atomic mass is 16.5. The van der Waals surface area contributed by atoms with Crippen molar-refractivity contribution in [2.24, 2.45) is 11.8 Å². The van der Waals surface area contributed by atoms with Gasteiger partial charge in [-0.25, -0.2) is 0 Å². The van der Waals surface area contributed by atoms with E-state index in [0.29, 0.717) is 6.10 Å². The summed E-state index contributed by atoms with van der Waals surface area (Å²) in [6.45, 7) is 0. The van der Waals surface area contributed by atoms with Gasteiger partial charge in [-0.1, -0.05) is 0 Å². The van der Waals surface area contributed by atoms with E-state index in [2.05, 4.69) is 0 Å². The normalized spacial score (nSPS) is 49.6. The van der Waals surface area contributed by atoms with Gasteiger partial charge in [0.2, 0.25) is 0 Å². The lowest BCUT2D eigenvalue weighted by Crippen LogP contribution is -2.09. The third-order valence-corrected chi connectivity index (χ3v) is 3.28. The van der Waals surface area contributed by atoms with E-state index in [1.54, 1.807) is 7.11 Å². The smallest absolute Gasteiger partial charge is 0.0576 e. The molecule has 11 heavy (non-hydrogen) atoms. The molecule has 0 radical (unpaired) electrons. The predicted octanol–water partition coefficient (Wildman–Crippen LogP) is 1.18. The summed E-state index contributed by atoms with van der Waals surface area (Å²) in [6.07, 6.45) is 4.87. The van der Waals surface area contributed by atoms with Crippen LogP contribution in [0.15, 0.2) is 0 Å². The molecular formula is C9H16O2. The van der Waals surface area contributed by atoms with Gasteiger partial charge in [-0.3, -0.25) is 0 Å². The molecule has 0 aliphatic heterocycles. The van der Waals surface area contributed by atoms with Gasteiger partial charge >= 0.3 is 0 Å². The second-order valence-electron chi connectivity index (χ2n) is 3.97. The molecule has 0 heterocycles. The highest BCUT2D eigenvalue weighted by Crippen LogP contribution is 2.44. The molecule has 2 saturated carbocycles. The van der Waals surface area contributed by atoms with Gasteiger partial charge in [0.15, 0.2) is 0 Å². The van der Waals surface area contributed by atoms with Crippen molar-refractivity contribution in [3.8, 4) is 0 Å². The second kappa shape index (κ2) is 2.76. The molecule has 2 aliphatic rings. The highest BCUT2D eigenvalue weighted by molar-refractivity contribution is 4.91. The zero-order valence-electron chi connectivity index (χ0n) is 6.99. The zero-order valence-corrected chi connectivity index (χ0v) is 6.99. The van der Waals surface area contributed by atoms with E-state index in [1.165, 1.54) is 12.8 Å². The minimum absolute atomic E-state index is 0.0113. The average Bonchev–Trinajstić information content (AvgIpc) is 2.43. The molecule has 0 aromatic heterocycles. The summed E-state index contributed by atoms with van der Waals surface area (Å²) < 4.78 is 5.30. The fourth-order valence-corrected chi connectivity index (χ4v) is 2.72. The number of rotatable bonds is 1. The van der Waals surface area contributed by atoms with Gasteiger partial charge in [0.05, 0.1) is 12.2 Å². The number of aliphatic hydroxyl groups excluding tert-OH is 1. The minimum Gasteiger partial charge on any atom is -0.393 e. The van der Waals surface area contributed by atoms with Gasteiger partial charge < -0.3 is 9.84 Å². The monoisotopic (exact) mass is 156 g/mol. The molecule has 2 rings (SSSR count). The van der Waals surface area contributed by atoms with Gasteiger partial charge in [0.1, 0.15) is 0 Å². The van der Waals surface area contributed by atoms with Gasteiger partial charge in [-0.05, 0) is 37.5 Å². The maximum atomic E-state index is 9.35. The van der Waals surface area contributed by atoms with E-state index in [9.17, 15) is 5.11 Å². The third kappa shape index (κ3) is 1.30. The number of ether oxygens (including phenoxy) is 1. The minimum atomic E-state index is -0.0113. The maximum absolute atomic E-state index is 9.35. The van der Waals surface area contributed by atoms with Gasteiger partial charge in [0.25, 0.3) is 0 Å². The quantitative estimate of drug-likeness (QED) is 0.617. The molecular weight excluding hydrogens is 140 g/mol. The highest BCUT2D eigenvalue weighted by Gasteiger charge is 2.40. The molecule has 0 aromatic rings. The third-order valence-electron chi connectivity index (χ3n) is 3.28. The van der Waals surface area contributed by atoms with Crippen LogP contribution in [0.1, 0.15) is 25.7 Å². The van der Waals surface area contributed by atoms with Crippen LogP contribution in [-0.2, 0) is 4.74 Å². The second-order valence-corrected chi connectivity index (χ2v) is 3.97. The summed E-state index contributed by atoms with van der Waals surface area (Å²) in [5.41, 5.74) is 0. The lowest BCUT2D eigenvalue weighted by Gasteiger charge is -2.09. The first kappa shape index (κ1) is 7.56. The van der Waals surface area contributed by atoms with E-state index in [0.717, 1.165) is 24.7 Å². The van der Waals surface area contributed by atoms with E-state index in [4.69, 9.17) is 4.74 Å². The van der Waals surface area contributed by atoms with Crippen molar-refractivity contribution in [3.05, 3.63) is 0 Å². The van der Waals surface area contributed by atoms with Crippen LogP contribution in [0.3, 0.4) is 0 Å². The predicted molar refractivity (Wildman–Crippen MR) is 42.3 cm³/mol. The lowest BCUT2D eigenvalue weighted by molar-refractivity contribution is 0.0913. The first-order valence-electron chi connectivity index (χ1n) is 4.50. The van der Waals surface area contributed by atoms with Crippen LogP contribution in [0.4, 0.5) is 0 Å². The van der Waals surface area contributed by atoms with Crippen molar-refractivity contribution >= 4 is 0 Å². The van der Waals surface area contributed by atoms with Gasteiger partial charge in [-0.2, -0.15) is 0 Å². The summed E-state index contributed by atoms with van der Waals surface area (Å²) in [5.74, 6) is 1.52. The largest absolute Gasteiger partial charge is 0.393 e. The fraction of sp³-hybridized carbons (Fsp3) is 1.00. The summed E-state index contributed by atoms with van der Waals surface area (Å²) in [7, 11) is 1.79. The van der Waals surface area contributed by atoms with Crippen molar-refractivity contribution in [1.82, 2.24) is 0 Å². The molecule has 0 unspecified atom stereocenters. The molecule has 2 fully saturated rings. The summed E-state index contributed by atoms with van der Waals surface area (Å²) in [5, 5.41) is 9.35. The molecule has 64 valence electrons. The van der Waals surface area contributed by atoms with Crippen LogP contribution in [-0.4, -0.2) is 24.4 Å². The molecule has 2 nitrogen and oxygen atoms in total. The molecule has 0 amide bonds. The Kier molecular flexibility index (Phi) is 1.90. The lowest BCUT2D eigenvalue weighted by atomic mass is 10.0. The van der Waals surface area contributed by atoms with E-state index in [-0.39, 0.29) is 6.10 Å². The number of hydrogen-bond donors (Lipinski definition) is 1. The Hall–Kier alpha value is -0.0800. The fourth-order valence-electron chi connectivity index (χ4n) is 2.72. The van der Waals surface area contributed by atoms with Crippen molar-refractivity contribution in [2.45, 2.75) is 37.9 Å². The maximum Gasteiger partial charge on any atom is 0.0576 e. The Morgan fingerprint density at radius 2 is 1.64 bits per heavy atom. The molecule has 2 heteroatoms. The van der Waals surface area contributed by atoms with Crippen molar-refractivity contribution in [1.29, 1.82) is 0 Å². The van der Waals surface area contributed by atoms with Crippen molar-refractivity contribution in [2.75, 3.05) is 7.11 Å². The standard InChI is InChI=1S/C9H16O2/c1-11-9-4-6-2-8(10)3-7(6)5-9/h6-10H,2-5H2,1H3/t6-,7+,8-,9+. The number of hydrogen-bond acceptors (Lipinski definition) is 2. The molecule has 0 bridgehead atoms. The van der Waals surface area contributed by atoms with E-state index < -0.39 is 0 Å². The molecule has 4 atom stereocenters. The Labute approximate surface area is 67.6 Å². The van der Waals surface area contributed by atoms with Gasteiger partial charge in [0, 0.05) is 7.11 Å². The first-order valence-corrected chi connectivity index (χ1v) is 4.50. The van der Waals surface area contributed by atoms with Gasteiger partial charge in [-0.15, -0.1) is 0 Å². The first-order chi connectivity index (χ1) is 5.29. The number of fused-ring (bicyclic) bond motifs is 1. The van der Waals surface area contributed by atoms with Crippen LogP contribution in [0.5, 0.6) is 0 Å². The Balaban J connectivity index is 1.93. The van der Waals surface area contributed by atoms with Crippen LogP contribution in [0.2, 0.25) is 0 Å².